The number of carbonyl (C=O) groups excluding carboxylic acids is 3. The molecule has 2 atom stereocenters. The van der Waals surface area contributed by atoms with Gasteiger partial charge in [-0.1, -0.05) is 125 Å². The number of hydrogen-bond acceptors (Lipinski definition) is 4. The second-order valence-corrected chi connectivity index (χ2v) is 13.4. The highest BCUT2D eigenvalue weighted by Crippen LogP contribution is 2.70. The Hall–Kier alpha value is -2.77. The first kappa shape index (κ1) is 27.4. The Kier molecular flexibility index (Phi) is 7.24. The van der Waals surface area contributed by atoms with E-state index in [0.29, 0.717) is 17.9 Å². The minimum atomic E-state index is -0.852. The van der Waals surface area contributed by atoms with Crippen LogP contribution in [-0.4, -0.2) is 24.4 Å². The maximum atomic E-state index is 14.2. The molecule has 0 aromatic heterocycles. The van der Waals surface area contributed by atoms with Crippen LogP contribution in [0.5, 0.6) is 0 Å². The maximum Gasteiger partial charge on any atom is 0.338 e. The molecule has 1 fully saturated rings. The van der Waals surface area contributed by atoms with Crippen LogP contribution in [-0.2, 0) is 23.0 Å². The number of nitrogens with zero attached hydrogens (tertiary/aromatic N) is 1. The Morgan fingerprint density at radius 3 is 1.77 bits per heavy atom. The monoisotopic (exact) mass is 663 g/mol. The second kappa shape index (κ2) is 10.6. The van der Waals surface area contributed by atoms with Gasteiger partial charge in [0, 0.05) is 0 Å². The molecule has 0 radical (unpaired) electrons. The molecule has 1 aliphatic heterocycles. The first-order valence-electron chi connectivity index (χ1n) is 14.1. The van der Waals surface area contributed by atoms with Crippen molar-refractivity contribution in [1.82, 2.24) is 0 Å². The number of halogens is 2. The molecule has 3 aliphatic carbocycles. The van der Waals surface area contributed by atoms with Crippen molar-refractivity contribution in [2.45, 2.75) is 54.1 Å². The zero-order valence-corrected chi connectivity index (χ0v) is 25.5. The number of alkyl halides is 2. The van der Waals surface area contributed by atoms with Crippen LogP contribution >= 0.6 is 31.9 Å². The van der Waals surface area contributed by atoms with E-state index in [1.807, 2.05) is 48.5 Å². The molecule has 2 unspecified atom stereocenters. The van der Waals surface area contributed by atoms with Crippen molar-refractivity contribution in [2.24, 2.45) is 11.8 Å². The molecule has 3 aromatic rings. The Bertz CT molecular complexity index is 1380. The van der Waals surface area contributed by atoms with Gasteiger partial charge < -0.3 is 4.74 Å². The molecule has 1 saturated heterocycles. The Balaban J connectivity index is 1.30. The van der Waals surface area contributed by atoms with Gasteiger partial charge >= 0.3 is 5.97 Å². The molecule has 7 rings (SSSR count). The van der Waals surface area contributed by atoms with Crippen LogP contribution in [0.25, 0.3) is 0 Å². The van der Waals surface area contributed by atoms with Gasteiger partial charge in [0.2, 0.25) is 11.8 Å². The molecule has 0 saturated carbocycles. The summed E-state index contributed by atoms with van der Waals surface area (Å²) in [5.74, 6) is -2.32. The topological polar surface area (TPSA) is 63.7 Å². The van der Waals surface area contributed by atoms with Crippen LogP contribution in [0.3, 0.4) is 0 Å². The zero-order chi connectivity index (χ0) is 28.1. The van der Waals surface area contributed by atoms with E-state index in [1.54, 1.807) is 24.3 Å². The van der Waals surface area contributed by atoms with Crippen molar-refractivity contribution in [3.8, 4) is 0 Å². The molecule has 2 bridgehead atoms. The van der Waals surface area contributed by atoms with Gasteiger partial charge in [-0.2, -0.15) is 0 Å². The quantitative estimate of drug-likeness (QED) is 0.102. The number of esters is 1. The lowest BCUT2D eigenvalue weighted by Crippen LogP contribution is -2.56. The molecule has 3 aromatic carbocycles. The smallest absolute Gasteiger partial charge is 0.338 e. The third-order valence-corrected chi connectivity index (χ3v) is 11.4. The Morgan fingerprint density at radius 1 is 0.750 bits per heavy atom. The van der Waals surface area contributed by atoms with Crippen LogP contribution in [0.4, 0.5) is 5.69 Å². The fourth-order valence-corrected chi connectivity index (χ4v) is 9.13. The van der Waals surface area contributed by atoms with Gasteiger partial charge in [0.05, 0.1) is 38.3 Å². The van der Waals surface area contributed by atoms with Crippen molar-refractivity contribution in [3.63, 3.8) is 0 Å². The fraction of sp³-hybridized carbons (Fsp3) is 0.364. The van der Waals surface area contributed by atoms with Crippen LogP contribution < -0.4 is 4.90 Å². The predicted molar refractivity (Wildman–Crippen MR) is 162 cm³/mol. The van der Waals surface area contributed by atoms with Crippen molar-refractivity contribution < 1.29 is 19.1 Å². The van der Waals surface area contributed by atoms with Crippen molar-refractivity contribution in [2.75, 3.05) is 11.5 Å². The van der Waals surface area contributed by atoms with Crippen LogP contribution in [0.15, 0.2) is 72.8 Å². The minimum Gasteiger partial charge on any atom is -0.462 e. The van der Waals surface area contributed by atoms with Gasteiger partial charge in [-0.3, -0.25) is 9.59 Å². The highest BCUT2D eigenvalue weighted by molar-refractivity contribution is 9.10. The van der Waals surface area contributed by atoms with E-state index in [0.717, 1.165) is 41.5 Å². The molecule has 40 heavy (non-hydrogen) atoms. The molecular weight excluding hydrogens is 634 g/mol. The van der Waals surface area contributed by atoms with Gasteiger partial charge in [-0.15, -0.1) is 0 Å². The van der Waals surface area contributed by atoms with Gasteiger partial charge in [0.15, 0.2) is 0 Å². The van der Waals surface area contributed by atoms with E-state index in [2.05, 4.69) is 38.8 Å². The highest BCUT2D eigenvalue weighted by Gasteiger charge is 2.72. The summed E-state index contributed by atoms with van der Waals surface area (Å²) in [7, 11) is 0. The summed E-state index contributed by atoms with van der Waals surface area (Å²) in [6.45, 7) is 2.54. The lowest BCUT2D eigenvalue weighted by Gasteiger charge is -2.55. The molecule has 0 spiro atoms. The Labute approximate surface area is 251 Å². The molecule has 4 aliphatic rings. The van der Waals surface area contributed by atoms with Crippen LogP contribution in [0.1, 0.15) is 78.1 Å². The summed E-state index contributed by atoms with van der Waals surface area (Å²) in [6, 6.07) is 22.7. The fourth-order valence-electron chi connectivity index (χ4n) is 6.82. The molecule has 1 heterocycles. The van der Waals surface area contributed by atoms with E-state index in [4.69, 9.17) is 4.74 Å². The average molecular weight is 665 g/mol. The lowest BCUT2D eigenvalue weighted by molar-refractivity contribution is -0.122. The van der Waals surface area contributed by atoms with Gasteiger partial charge in [0.25, 0.3) is 0 Å². The second-order valence-electron chi connectivity index (χ2n) is 10.9. The van der Waals surface area contributed by atoms with E-state index in [1.165, 1.54) is 24.2 Å². The standard InChI is InChI=1S/C33H31Br2NO4/c1-2-3-4-5-6-11-19-40-31(39)21-13-12-14-22(20-21)36-29(37)27-28(30(36)38)33(35)24-16-8-7-15-23(24)32(27,34)25-17-9-10-18-26(25)33/h7-10,12-18,20,27-28H,2-6,11,19H2,1H3. The van der Waals surface area contributed by atoms with E-state index >= 15 is 0 Å². The summed E-state index contributed by atoms with van der Waals surface area (Å²) in [5, 5.41) is 0. The number of amides is 2. The van der Waals surface area contributed by atoms with Gasteiger partial charge in [0.1, 0.15) is 0 Å². The third-order valence-electron chi connectivity index (χ3n) is 8.66. The zero-order valence-electron chi connectivity index (χ0n) is 22.4. The van der Waals surface area contributed by atoms with Crippen LogP contribution in [0.2, 0.25) is 0 Å². The van der Waals surface area contributed by atoms with Gasteiger partial charge in [-0.25, -0.2) is 9.69 Å². The summed E-state index contributed by atoms with van der Waals surface area (Å²) >= 11 is 8.05. The number of rotatable bonds is 9. The number of imide groups is 1. The Morgan fingerprint density at radius 2 is 1.25 bits per heavy atom. The van der Waals surface area contributed by atoms with E-state index in [9.17, 15) is 14.4 Å². The summed E-state index contributed by atoms with van der Waals surface area (Å²) in [4.78, 5) is 42.6. The first-order valence-corrected chi connectivity index (χ1v) is 15.7. The summed E-state index contributed by atoms with van der Waals surface area (Å²) < 4.78 is 3.82. The van der Waals surface area contributed by atoms with E-state index < -0.39 is 26.5 Å². The number of carbonyl (C=O) groups is 3. The molecule has 5 nitrogen and oxygen atoms in total. The van der Waals surface area contributed by atoms with Crippen molar-refractivity contribution in [1.29, 1.82) is 0 Å². The number of unbranched alkanes of at least 4 members (excludes halogenated alkanes) is 5. The number of hydrogen-bond donors (Lipinski definition) is 0. The molecular formula is C33H31Br2NO4. The minimum absolute atomic E-state index is 0.280. The van der Waals surface area contributed by atoms with E-state index in [-0.39, 0.29) is 11.8 Å². The van der Waals surface area contributed by atoms with Crippen LogP contribution in [0, 0.1) is 11.8 Å². The number of anilines is 1. The maximum absolute atomic E-state index is 14.2. The SMILES string of the molecule is CCCCCCCCOC(=O)c1cccc(N2C(=O)C3C(C2=O)C2(Br)c4ccccc4C3(Br)c3ccccc32)c1. The average Bonchev–Trinajstić information content (AvgIpc) is 3.26. The van der Waals surface area contributed by atoms with Crippen molar-refractivity contribution >= 4 is 55.3 Å². The van der Waals surface area contributed by atoms with Crippen molar-refractivity contribution in [3.05, 3.63) is 101 Å². The number of ether oxygens (including phenoxy) is 1. The third kappa shape index (κ3) is 3.95. The number of benzene rings is 3. The first-order chi connectivity index (χ1) is 19.3. The largest absolute Gasteiger partial charge is 0.462 e. The predicted octanol–water partition coefficient (Wildman–Crippen LogP) is 7.61. The summed E-state index contributed by atoms with van der Waals surface area (Å²) in [5.41, 5.74) is 4.67. The highest BCUT2D eigenvalue weighted by atomic mass is 79.9. The molecule has 206 valence electrons. The normalized spacial score (nSPS) is 25.9. The van der Waals surface area contributed by atoms with Gasteiger partial charge in [-0.05, 0) is 46.9 Å². The lowest BCUT2D eigenvalue weighted by atomic mass is 9.54. The molecule has 7 heteroatoms. The summed E-state index contributed by atoms with van der Waals surface area (Å²) in [6.07, 6.45) is 6.62. The molecule has 0 N–H and O–H groups in total. The molecule has 2 amide bonds.